The summed E-state index contributed by atoms with van der Waals surface area (Å²) in [6.45, 7) is 3.98. The van der Waals surface area contributed by atoms with E-state index in [2.05, 4.69) is 9.88 Å². The van der Waals surface area contributed by atoms with E-state index in [-0.39, 0.29) is 17.1 Å². The van der Waals surface area contributed by atoms with Gasteiger partial charge in [0.25, 0.3) is 0 Å². The number of nitrogens with zero attached hydrogens (tertiary/aromatic N) is 3. The highest BCUT2D eigenvalue weighted by Gasteiger charge is 2.47. The first-order chi connectivity index (χ1) is 12.6. The van der Waals surface area contributed by atoms with Gasteiger partial charge in [0.15, 0.2) is 0 Å². The predicted molar refractivity (Wildman–Crippen MR) is 97.6 cm³/mol. The molecular formula is C21H24FN3O. The van der Waals surface area contributed by atoms with Crippen molar-refractivity contribution in [3.05, 3.63) is 65.7 Å². The van der Waals surface area contributed by atoms with Crippen LogP contribution >= 0.6 is 0 Å². The van der Waals surface area contributed by atoms with Gasteiger partial charge in [-0.1, -0.05) is 18.2 Å². The molecule has 5 heteroatoms. The fraction of sp³-hybridized carbons (Fsp3) is 0.429. The Labute approximate surface area is 153 Å². The van der Waals surface area contributed by atoms with Crippen LogP contribution in [0.15, 0.2) is 48.7 Å². The maximum atomic E-state index is 13.4. The molecule has 4 nitrogen and oxygen atoms in total. The van der Waals surface area contributed by atoms with E-state index in [4.69, 9.17) is 0 Å². The molecule has 4 rings (SSSR count). The van der Waals surface area contributed by atoms with Crippen molar-refractivity contribution in [3.8, 4) is 0 Å². The molecule has 1 amide bonds. The second-order valence-corrected chi connectivity index (χ2v) is 7.48. The molecule has 0 radical (unpaired) electrons. The Bertz CT molecular complexity index is 772. The molecule has 0 bridgehead atoms. The highest BCUT2D eigenvalue weighted by molar-refractivity contribution is 5.85. The molecule has 0 saturated carbocycles. The topological polar surface area (TPSA) is 36.4 Å². The lowest BCUT2D eigenvalue weighted by Gasteiger charge is -2.37. The molecule has 2 aliphatic rings. The minimum absolute atomic E-state index is 0.214. The lowest BCUT2D eigenvalue weighted by atomic mass is 9.77. The number of benzene rings is 1. The lowest BCUT2D eigenvalue weighted by molar-refractivity contribution is -0.139. The standard InChI is InChI=1S/C21H24FN3O/c22-18-5-3-4-17(14-18)15-25-13-9-21(20(25)26)7-11-24(12-8-21)16-19-6-1-2-10-23-19/h1-6,10,14H,7-9,11-13,15-16H2. The number of hydrogen-bond acceptors (Lipinski definition) is 3. The molecule has 0 N–H and O–H groups in total. The Kier molecular flexibility index (Phi) is 4.72. The summed E-state index contributed by atoms with van der Waals surface area (Å²) in [5, 5.41) is 0. The molecule has 0 aliphatic carbocycles. The highest BCUT2D eigenvalue weighted by Crippen LogP contribution is 2.42. The summed E-state index contributed by atoms with van der Waals surface area (Å²) in [7, 11) is 0. The fourth-order valence-corrected chi connectivity index (χ4v) is 4.22. The number of aromatic nitrogens is 1. The van der Waals surface area contributed by atoms with Gasteiger partial charge in [-0.15, -0.1) is 0 Å². The van der Waals surface area contributed by atoms with Crippen molar-refractivity contribution < 1.29 is 9.18 Å². The first kappa shape index (κ1) is 17.2. The van der Waals surface area contributed by atoms with E-state index >= 15 is 0 Å². The molecule has 2 aliphatic heterocycles. The molecule has 0 unspecified atom stereocenters. The van der Waals surface area contributed by atoms with Crippen molar-refractivity contribution in [2.75, 3.05) is 19.6 Å². The van der Waals surface area contributed by atoms with Gasteiger partial charge in [0.05, 0.1) is 11.1 Å². The summed E-state index contributed by atoms with van der Waals surface area (Å²) in [6.07, 6.45) is 4.54. The maximum Gasteiger partial charge on any atom is 0.229 e. The van der Waals surface area contributed by atoms with E-state index in [0.717, 1.165) is 56.7 Å². The quantitative estimate of drug-likeness (QED) is 0.847. The molecule has 1 spiro atoms. The zero-order valence-electron chi connectivity index (χ0n) is 14.9. The van der Waals surface area contributed by atoms with Crippen LogP contribution < -0.4 is 0 Å². The van der Waals surface area contributed by atoms with E-state index < -0.39 is 0 Å². The molecular weight excluding hydrogens is 329 g/mol. The minimum atomic E-state index is -0.244. The van der Waals surface area contributed by atoms with Crippen molar-refractivity contribution >= 4 is 5.91 Å². The van der Waals surface area contributed by atoms with E-state index in [0.29, 0.717) is 6.54 Å². The normalized spacial score (nSPS) is 20.0. The number of hydrogen-bond donors (Lipinski definition) is 0. The average Bonchev–Trinajstić information content (AvgIpc) is 2.94. The van der Waals surface area contributed by atoms with Crippen LogP contribution in [0.25, 0.3) is 0 Å². The lowest BCUT2D eigenvalue weighted by Crippen LogP contribution is -2.44. The smallest absolute Gasteiger partial charge is 0.229 e. The Morgan fingerprint density at radius 2 is 1.81 bits per heavy atom. The summed E-state index contributed by atoms with van der Waals surface area (Å²) in [6, 6.07) is 12.5. The molecule has 0 atom stereocenters. The third kappa shape index (κ3) is 3.49. The van der Waals surface area contributed by atoms with E-state index in [9.17, 15) is 9.18 Å². The van der Waals surface area contributed by atoms with Gasteiger partial charge >= 0.3 is 0 Å². The van der Waals surface area contributed by atoms with Gasteiger partial charge in [0.1, 0.15) is 5.82 Å². The van der Waals surface area contributed by atoms with Gasteiger partial charge in [-0.2, -0.15) is 0 Å². The number of piperidine rings is 1. The summed E-state index contributed by atoms with van der Waals surface area (Å²) in [5.41, 5.74) is 1.73. The largest absolute Gasteiger partial charge is 0.338 e. The van der Waals surface area contributed by atoms with Gasteiger partial charge in [-0.3, -0.25) is 14.7 Å². The monoisotopic (exact) mass is 353 g/mol. The second kappa shape index (κ2) is 7.16. The van der Waals surface area contributed by atoms with Crippen molar-refractivity contribution in [3.63, 3.8) is 0 Å². The van der Waals surface area contributed by atoms with Gasteiger partial charge in [0, 0.05) is 25.8 Å². The van der Waals surface area contributed by atoms with E-state index in [1.54, 1.807) is 6.07 Å². The van der Waals surface area contributed by atoms with Crippen molar-refractivity contribution in [2.45, 2.75) is 32.4 Å². The van der Waals surface area contributed by atoms with Crippen LogP contribution in [0.4, 0.5) is 4.39 Å². The van der Waals surface area contributed by atoms with Crippen LogP contribution in [0, 0.1) is 11.2 Å². The van der Waals surface area contributed by atoms with Crippen LogP contribution in [-0.2, 0) is 17.9 Å². The first-order valence-electron chi connectivity index (χ1n) is 9.31. The van der Waals surface area contributed by atoms with E-state index in [1.807, 2.05) is 35.4 Å². The summed E-state index contributed by atoms with van der Waals surface area (Å²) in [5.74, 6) is 0.00550. The zero-order chi connectivity index (χ0) is 18.0. The first-order valence-corrected chi connectivity index (χ1v) is 9.31. The molecule has 2 fully saturated rings. The second-order valence-electron chi connectivity index (χ2n) is 7.48. The summed E-state index contributed by atoms with van der Waals surface area (Å²) < 4.78 is 13.4. The molecule has 1 aromatic carbocycles. The molecule has 2 saturated heterocycles. The van der Waals surface area contributed by atoms with Gasteiger partial charge < -0.3 is 4.90 Å². The number of rotatable bonds is 4. The Balaban J connectivity index is 1.36. The van der Waals surface area contributed by atoms with Gasteiger partial charge in [-0.25, -0.2) is 4.39 Å². The number of halogens is 1. The van der Waals surface area contributed by atoms with Crippen molar-refractivity contribution in [2.24, 2.45) is 5.41 Å². The van der Waals surface area contributed by atoms with Crippen LogP contribution in [0.3, 0.4) is 0 Å². The van der Waals surface area contributed by atoms with Crippen LogP contribution in [-0.4, -0.2) is 40.3 Å². The Hall–Kier alpha value is -2.27. The number of carbonyl (C=O) groups is 1. The molecule has 26 heavy (non-hydrogen) atoms. The summed E-state index contributed by atoms with van der Waals surface area (Å²) in [4.78, 5) is 21.7. The van der Waals surface area contributed by atoms with Gasteiger partial charge in [-0.05, 0) is 62.2 Å². The Morgan fingerprint density at radius 3 is 2.54 bits per heavy atom. The zero-order valence-corrected chi connectivity index (χ0v) is 14.9. The highest BCUT2D eigenvalue weighted by atomic mass is 19.1. The van der Waals surface area contributed by atoms with Gasteiger partial charge in [0.2, 0.25) is 5.91 Å². The molecule has 2 aromatic rings. The number of likely N-dealkylation sites (tertiary alicyclic amines) is 2. The maximum absolute atomic E-state index is 13.4. The molecule has 136 valence electrons. The molecule has 3 heterocycles. The van der Waals surface area contributed by atoms with Crippen LogP contribution in [0.1, 0.15) is 30.5 Å². The SMILES string of the molecule is O=C1N(Cc2cccc(F)c2)CCC12CCN(Cc1ccccn1)CC2. The number of carbonyl (C=O) groups excluding carboxylic acids is 1. The number of pyridine rings is 1. The Morgan fingerprint density at radius 1 is 1.00 bits per heavy atom. The minimum Gasteiger partial charge on any atom is -0.338 e. The van der Waals surface area contributed by atoms with Crippen LogP contribution in [0.2, 0.25) is 0 Å². The third-order valence-corrected chi connectivity index (χ3v) is 5.79. The van der Waals surface area contributed by atoms with E-state index in [1.165, 1.54) is 12.1 Å². The molecule has 1 aromatic heterocycles. The average molecular weight is 353 g/mol. The predicted octanol–water partition coefficient (Wildman–Crippen LogP) is 3.24. The van der Waals surface area contributed by atoms with Crippen molar-refractivity contribution in [1.82, 2.24) is 14.8 Å². The third-order valence-electron chi connectivity index (χ3n) is 5.79. The number of amides is 1. The van der Waals surface area contributed by atoms with Crippen LogP contribution in [0.5, 0.6) is 0 Å². The summed E-state index contributed by atoms with van der Waals surface area (Å²) >= 11 is 0. The van der Waals surface area contributed by atoms with Crippen molar-refractivity contribution in [1.29, 1.82) is 0 Å². The fourth-order valence-electron chi connectivity index (χ4n) is 4.22.